The molecule has 3 aromatic rings. The number of benzene rings is 2. The molecule has 3 rings (SSSR count). The number of esters is 2. The zero-order valence-corrected chi connectivity index (χ0v) is 17.4. The Morgan fingerprint density at radius 3 is 2.69 bits per heavy atom. The molecule has 29 heavy (non-hydrogen) atoms. The second-order valence-corrected chi connectivity index (χ2v) is 7.35. The third-order valence-electron chi connectivity index (χ3n) is 4.16. The minimum absolute atomic E-state index is 0.107. The van der Waals surface area contributed by atoms with Gasteiger partial charge in [-0.25, -0.2) is 9.59 Å². The van der Waals surface area contributed by atoms with Crippen LogP contribution in [0.2, 0.25) is 0 Å². The summed E-state index contributed by atoms with van der Waals surface area (Å²) < 4.78 is 16.5. The predicted molar refractivity (Wildman–Crippen MR) is 111 cm³/mol. The van der Waals surface area contributed by atoms with E-state index in [4.69, 9.17) is 13.9 Å². The minimum Gasteiger partial charge on any atom is -0.461 e. The van der Waals surface area contributed by atoms with Crippen molar-refractivity contribution in [2.45, 2.75) is 32.8 Å². The number of unbranched alkanes of at least 4 members (excludes halogenated alkanes) is 1. The van der Waals surface area contributed by atoms with Crippen LogP contribution < -0.4 is 10.4 Å². The predicted octanol–water partition coefficient (Wildman–Crippen LogP) is 5.01. The lowest BCUT2D eigenvalue weighted by molar-refractivity contribution is -0.145. The average molecular weight is 459 g/mol. The third kappa shape index (κ3) is 5.54. The van der Waals surface area contributed by atoms with Gasteiger partial charge in [-0.3, -0.25) is 4.79 Å². The molecule has 1 aromatic heterocycles. The maximum absolute atomic E-state index is 12.4. The summed E-state index contributed by atoms with van der Waals surface area (Å²) >= 11 is 3.29. The van der Waals surface area contributed by atoms with Crippen molar-refractivity contribution in [2.24, 2.45) is 0 Å². The van der Waals surface area contributed by atoms with Gasteiger partial charge < -0.3 is 13.9 Å². The van der Waals surface area contributed by atoms with Gasteiger partial charge in [0.25, 0.3) is 0 Å². The van der Waals surface area contributed by atoms with Crippen LogP contribution >= 0.6 is 15.9 Å². The lowest BCUT2D eigenvalue weighted by Crippen LogP contribution is -2.18. The number of carbonyl (C=O) groups is 2. The SMILES string of the molecule is CCCCC(=O)OCc1ccc2oc(=O)c(C(=O)Oc3cccc(Br)c3)cc2c1. The van der Waals surface area contributed by atoms with Gasteiger partial charge in [-0.05, 0) is 48.4 Å². The second kappa shape index (κ2) is 9.52. The molecule has 0 saturated heterocycles. The summed E-state index contributed by atoms with van der Waals surface area (Å²) in [7, 11) is 0. The Labute approximate surface area is 175 Å². The first-order valence-electron chi connectivity index (χ1n) is 9.16. The molecule has 7 heteroatoms. The Morgan fingerprint density at radius 1 is 1.10 bits per heavy atom. The number of ether oxygens (including phenoxy) is 2. The molecule has 0 atom stereocenters. The van der Waals surface area contributed by atoms with Crippen LogP contribution in [-0.2, 0) is 16.1 Å². The molecule has 0 aliphatic heterocycles. The van der Waals surface area contributed by atoms with E-state index in [1.165, 1.54) is 6.07 Å². The Hall–Kier alpha value is -2.93. The molecule has 1 heterocycles. The van der Waals surface area contributed by atoms with Gasteiger partial charge in [-0.1, -0.05) is 41.4 Å². The molecule has 0 amide bonds. The molecule has 0 N–H and O–H groups in total. The molecule has 0 aliphatic rings. The molecule has 0 radical (unpaired) electrons. The van der Waals surface area contributed by atoms with Gasteiger partial charge in [0.2, 0.25) is 0 Å². The number of fused-ring (bicyclic) bond motifs is 1. The molecule has 0 fully saturated rings. The quantitative estimate of drug-likeness (QED) is 0.281. The van der Waals surface area contributed by atoms with Crippen molar-refractivity contribution in [1.29, 1.82) is 0 Å². The summed E-state index contributed by atoms with van der Waals surface area (Å²) in [5.74, 6) is -0.767. The molecule has 0 aliphatic carbocycles. The van der Waals surface area contributed by atoms with Crippen LogP contribution in [0.3, 0.4) is 0 Å². The summed E-state index contributed by atoms with van der Waals surface area (Å²) in [6.45, 7) is 2.11. The van der Waals surface area contributed by atoms with Gasteiger partial charge in [-0.15, -0.1) is 0 Å². The lowest BCUT2D eigenvalue weighted by Gasteiger charge is -2.07. The van der Waals surface area contributed by atoms with Crippen molar-refractivity contribution in [3.05, 3.63) is 74.6 Å². The van der Waals surface area contributed by atoms with E-state index in [0.29, 0.717) is 23.1 Å². The topological polar surface area (TPSA) is 82.8 Å². The molecule has 0 spiro atoms. The van der Waals surface area contributed by atoms with E-state index < -0.39 is 11.6 Å². The Bertz CT molecular complexity index is 1100. The summed E-state index contributed by atoms with van der Waals surface area (Å²) in [6.07, 6.45) is 2.08. The van der Waals surface area contributed by atoms with Gasteiger partial charge in [0.15, 0.2) is 0 Å². The Balaban J connectivity index is 1.79. The molecular formula is C22H19BrO6. The van der Waals surface area contributed by atoms with Gasteiger partial charge in [0.1, 0.15) is 23.5 Å². The van der Waals surface area contributed by atoms with Crippen molar-refractivity contribution in [2.75, 3.05) is 0 Å². The molecule has 6 nitrogen and oxygen atoms in total. The Kier molecular flexibility index (Phi) is 6.82. The standard InChI is InChI=1S/C22H19BrO6/c1-2-3-7-20(24)27-13-14-8-9-19-15(10-14)11-18(22(26)29-19)21(25)28-17-6-4-5-16(23)12-17/h4-6,8-12H,2-3,7,13H2,1H3. The highest BCUT2D eigenvalue weighted by Gasteiger charge is 2.17. The van der Waals surface area contributed by atoms with Crippen LogP contribution in [0.5, 0.6) is 5.75 Å². The first kappa shape index (κ1) is 20.8. The Morgan fingerprint density at radius 2 is 1.93 bits per heavy atom. The molecule has 150 valence electrons. The number of hydrogen-bond acceptors (Lipinski definition) is 6. The fourth-order valence-electron chi connectivity index (χ4n) is 2.65. The fraction of sp³-hybridized carbons (Fsp3) is 0.227. The van der Waals surface area contributed by atoms with Crippen LogP contribution in [-0.4, -0.2) is 11.9 Å². The zero-order chi connectivity index (χ0) is 20.8. The third-order valence-corrected chi connectivity index (χ3v) is 4.65. The first-order chi connectivity index (χ1) is 14.0. The van der Waals surface area contributed by atoms with Gasteiger partial charge in [0, 0.05) is 16.3 Å². The van der Waals surface area contributed by atoms with Crippen molar-refractivity contribution in [3.63, 3.8) is 0 Å². The lowest BCUT2D eigenvalue weighted by atomic mass is 10.1. The van der Waals surface area contributed by atoms with E-state index in [-0.39, 0.29) is 18.1 Å². The van der Waals surface area contributed by atoms with Crippen molar-refractivity contribution < 1.29 is 23.5 Å². The van der Waals surface area contributed by atoms with Gasteiger partial charge >= 0.3 is 17.6 Å². The maximum Gasteiger partial charge on any atom is 0.351 e. The smallest absolute Gasteiger partial charge is 0.351 e. The fourth-order valence-corrected chi connectivity index (χ4v) is 3.03. The number of rotatable bonds is 7. The van der Waals surface area contributed by atoms with E-state index in [0.717, 1.165) is 22.9 Å². The normalized spacial score (nSPS) is 10.7. The van der Waals surface area contributed by atoms with Crippen LogP contribution in [0.4, 0.5) is 0 Å². The molecular weight excluding hydrogens is 440 g/mol. The zero-order valence-electron chi connectivity index (χ0n) is 15.8. The largest absolute Gasteiger partial charge is 0.461 e. The number of carbonyl (C=O) groups excluding carboxylic acids is 2. The molecule has 0 bridgehead atoms. The summed E-state index contributed by atoms with van der Waals surface area (Å²) in [6, 6.07) is 13.2. The first-order valence-corrected chi connectivity index (χ1v) is 9.95. The van der Waals surface area contributed by atoms with Gasteiger partial charge in [0.05, 0.1) is 0 Å². The van der Waals surface area contributed by atoms with Crippen molar-refractivity contribution in [1.82, 2.24) is 0 Å². The summed E-state index contributed by atoms with van der Waals surface area (Å²) in [4.78, 5) is 36.3. The monoisotopic (exact) mass is 458 g/mol. The van der Waals surface area contributed by atoms with E-state index in [1.807, 2.05) is 6.92 Å². The molecule has 2 aromatic carbocycles. The number of halogens is 1. The van der Waals surface area contributed by atoms with E-state index >= 15 is 0 Å². The van der Waals surface area contributed by atoms with Crippen molar-refractivity contribution >= 4 is 38.8 Å². The molecule has 0 unspecified atom stereocenters. The molecule has 0 saturated carbocycles. The van der Waals surface area contributed by atoms with E-state index in [9.17, 15) is 14.4 Å². The van der Waals surface area contributed by atoms with Crippen LogP contribution in [0.25, 0.3) is 11.0 Å². The van der Waals surface area contributed by atoms with Crippen molar-refractivity contribution in [3.8, 4) is 5.75 Å². The average Bonchev–Trinajstić information content (AvgIpc) is 2.70. The van der Waals surface area contributed by atoms with E-state index in [2.05, 4.69) is 15.9 Å². The van der Waals surface area contributed by atoms with Crippen LogP contribution in [0.15, 0.2) is 62.2 Å². The van der Waals surface area contributed by atoms with Crippen LogP contribution in [0.1, 0.15) is 42.1 Å². The van der Waals surface area contributed by atoms with Crippen LogP contribution in [0, 0.1) is 0 Å². The second-order valence-electron chi connectivity index (χ2n) is 6.43. The summed E-state index contributed by atoms with van der Waals surface area (Å²) in [5.41, 5.74) is 0.0587. The highest BCUT2D eigenvalue weighted by molar-refractivity contribution is 9.10. The number of hydrogen-bond donors (Lipinski definition) is 0. The highest BCUT2D eigenvalue weighted by atomic mass is 79.9. The minimum atomic E-state index is -0.810. The van der Waals surface area contributed by atoms with Gasteiger partial charge in [-0.2, -0.15) is 0 Å². The summed E-state index contributed by atoms with van der Waals surface area (Å²) in [5, 5.41) is 0.535. The van der Waals surface area contributed by atoms with E-state index in [1.54, 1.807) is 42.5 Å². The maximum atomic E-state index is 12.4. The highest BCUT2D eigenvalue weighted by Crippen LogP contribution is 2.20.